The van der Waals surface area contributed by atoms with E-state index in [0.29, 0.717) is 0 Å². The highest BCUT2D eigenvalue weighted by molar-refractivity contribution is 6.02. The summed E-state index contributed by atoms with van der Waals surface area (Å²) in [4.78, 5) is 22.4. The number of rotatable bonds is 4. The first kappa shape index (κ1) is 12.4. The van der Waals surface area contributed by atoms with Crippen LogP contribution in [0.25, 0.3) is 6.08 Å². The van der Waals surface area contributed by atoms with Gasteiger partial charge >= 0.3 is 0 Å². The summed E-state index contributed by atoms with van der Waals surface area (Å²) in [5, 5.41) is 0. The SMILES string of the molecule is CC(=O)C(/C=C/c1ccc(C)cc1)C(C)=O. The maximum absolute atomic E-state index is 11.2. The molecule has 0 unspecified atom stereocenters. The fourth-order valence-corrected chi connectivity index (χ4v) is 1.44. The van der Waals surface area contributed by atoms with Gasteiger partial charge in [-0.1, -0.05) is 42.0 Å². The molecular weight excluding hydrogens is 200 g/mol. The topological polar surface area (TPSA) is 34.1 Å². The van der Waals surface area contributed by atoms with Crippen molar-refractivity contribution in [2.24, 2.45) is 5.92 Å². The summed E-state index contributed by atoms with van der Waals surface area (Å²) >= 11 is 0. The molecule has 1 aromatic rings. The van der Waals surface area contributed by atoms with Crippen molar-refractivity contribution in [3.8, 4) is 0 Å². The second kappa shape index (κ2) is 5.40. The number of allylic oxidation sites excluding steroid dienone is 1. The fraction of sp³-hybridized carbons (Fsp3) is 0.286. The number of benzene rings is 1. The lowest BCUT2D eigenvalue weighted by Gasteiger charge is -2.03. The van der Waals surface area contributed by atoms with Crippen LogP contribution in [-0.4, -0.2) is 11.6 Å². The number of ketones is 2. The van der Waals surface area contributed by atoms with E-state index in [-0.39, 0.29) is 11.6 Å². The Bertz CT molecular complexity index is 399. The molecule has 0 N–H and O–H groups in total. The number of Topliss-reactive ketones (excluding diaryl/α,β-unsaturated/α-hetero) is 2. The Balaban J connectivity index is 2.82. The summed E-state index contributed by atoms with van der Waals surface area (Å²) < 4.78 is 0. The Morgan fingerprint density at radius 1 is 1.06 bits per heavy atom. The van der Waals surface area contributed by atoms with Gasteiger partial charge in [-0.2, -0.15) is 0 Å². The quantitative estimate of drug-likeness (QED) is 0.725. The molecular formula is C14H16O2. The molecule has 0 heterocycles. The van der Waals surface area contributed by atoms with Gasteiger partial charge in [-0.3, -0.25) is 9.59 Å². The lowest BCUT2D eigenvalue weighted by molar-refractivity contribution is -0.128. The summed E-state index contributed by atoms with van der Waals surface area (Å²) in [5.41, 5.74) is 2.19. The molecule has 2 heteroatoms. The van der Waals surface area contributed by atoms with Crippen molar-refractivity contribution in [1.29, 1.82) is 0 Å². The van der Waals surface area contributed by atoms with Crippen molar-refractivity contribution in [3.63, 3.8) is 0 Å². The molecule has 0 aliphatic rings. The Labute approximate surface area is 96.0 Å². The van der Waals surface area contributed by atoms with E-state index in [0.717, 1.165) is 5.56 Å². The van der Waals surface area contributed by atoms with Crippen LogP contribution in [-0.2, 0) is 9.59 Å². The Hall–Kier alpha value is -1.70. The first-order chi connectivity index (χ1) is 7.50. The molecule has 2 nitrogen and oxygen atoms in total. The molecule has 0 fully saturated rings. The molecule has 16 heavy (non-hydrogen) atoms. The van der Waals surface area contributed by atoms with Crippen molar-refractivity contribution in [2.75, 3.05) is 0 Å². The first-order valence-electron chi connectivity index (χ1n) is 5.26. The van der Waals surface area contributed by atoms with Crippen LogP contribution >= 0.6 is 0 Å². The highest BCUT2D eigenvalue weighted by Gasteiger charge is 2.14. The average Bonchev–Trinajstić information content (AvgIpc) is 2.20. The van der Waals surface area contributed by atoms with Crippen LogP contribution in [0.15, 0.2) is 30.3 Å². The van der Waals surface area contributed by atoms with Gasteiger partial charge in [-0.15, -0.1) is 0 Å². The van der Waals surface area contributed by atoms with Gasteiger partial charge < -0.3 is 0 Å². The smallest absolute Gasteiger partial charge is 0.144 e. The largest absolute Gasteiger partial charge is 0.299 e. The molecule has 0 aliphatic heterocycles. The number of carbonyl (C=O) groups excluding carboxylic acids is 2. The van der Waals surface area contributed by atoms with Gasteiger partial charge in [0.15, 0.2) is 0 Å². The van der Waals surface area contributed by atoms with E-state index in [9.17, 15) is 9.59 Å². The standard InChI is InChI=1S/C14H16O2/c1-10-4-6-13(7-5-10)8-9-14(11(2)15)12(3)16/h4-9,14H,1-3H3/b9-8+. The van der Waals surface area contributed by atoms with Gasteiger partial charge in [0.2, 0.25) is 0 Å². The number of hydrogen-bond donors (Lipinski definition) is 0. The van der Waals surface area contributed by atoms with Crippen molar-refractivity contribution in [2.45, 2.75) is 20.8 Å². The van der Waals surface area contributed by atoms with E-state index < -0.39 is 5.92 Å². The summed E-state index contributed by atoms with van der Waals surface area (Å²) in [6.45, 7) is 4.89. The number of carbonyl (C=O) groups is 2. The van der Waals surface area contributed by atoms with Crippen LogP contribution in [0, 0.1) is 12.8 Å². The van der Waals surface area contributed by atoms with Gasteiger partial charge in [0.1, 0.15) is 11.6 Å². The molecule has 0 aliphatic carbocycles. The molecule has 0 radical (unpaired) electrons. The number of aryl methyl sites for hydroxylation is 1. The zero-order valence-electron chi connectivity index (χ0n) is 9.86. The lowest BCUT2D eigenvalue weighted by atomic mass is 9.99. The van der Waals surface area contributed by atoms with E-state index >= 15 is 0 Å². The molecule has 0 saturated carbocycles. The van der Waals surface area contributed by atoms with Gasteiger partial charge in [0, 0.05) is 0 Å². The van der Waals surface area contributed by atoms with Crippen LogP contribution in [0.5, 0.6) is 0 Å². The second-order valence-corrected chi connectivity index (χ2v) is 3.97. The minimum atomic E-state index is -0.610. The molecule has 1 rings (SSSR count). The summed E-state index contributed by atoms with van der Waals surface area (Å²) in [5.74, 6) is -0.840. The third-order valence-electron chi connectivity index (χ3n) is 2.43. The van der Waals surface area contributed by atoms with Crippen molar-refractivity contribution in [3.05, 3.63) is 41.5 Å². The van der Waals surface area contributed by atoms with Gasteiger partial charge in [0.25, 0.3) is 0 Å². The maximum atomic E-state index is 11.2. The number of hydrogen-bond acceptors (Lipinski definition) is 2. The second-order valence-electron chi connectivity index (χ2n) is 3.97. The van der Waals surface area contributed by atoms with Crippen LogP contribution < -0.4 is 0 Å². The molecule has 0 saturated heterocycles. The monoisotopic (exact) mass is 216 g/mol. The van der Waals surface area contributed by atoms with E-state index in [1.165, 1.54) is 19.4 Å². The molecule has 1 aromatic carbocycles. The van der Waals surface area contributed by atoms with Crippen LogP contribution in [0.2, 0.25) is 0 Å². The first-order valence-corrected chi connectivity index (χ1v) is 5.26. The van der Waals surface area contributed by atoms with E-state index in [1.807, 2.05) is 37.3 Å². The Kier molecular flexibility index (Phi) is 4.18. The average molecular weight is 216 g/mol. The fourth-order valence-electron chi connectivity index (χ4n) is 1.44. The summed E-state index contributed by atoms with van der Waals surface area (Å²) in [6.07, 6.45) is 3.47. The Morgan fingerprint density at radius 2 is 1.56 bits per heavy atom. The molecule has 0 spiro atoms. The van der Waals surface area contributed by atoms with E-state index in [2.05, 4.69) is 0 Å². The van der Waals surface area contributed by atoms with Crippen molar-refractivity contribution in [1.82, 2.24) is 0 Å². The minimum absolute atomic E-state index is 0.115. The van der Waals surface area contributed by atoms with E-state index in [4.69, 9.17) is 0 Å². The highest BCUT2D eigenvalue weighted by Crippen LogP contribution is 2.09. The Morgan fingerprint density at radius 3 is 2.00 bits per heavy atom. The lowest BCUT2D eigenvalue weighted by Crippen LogP contribution is -2.16. The molecule has 0 aromatic heterocycles. The minimum Gasteiger partial charge on any atom is -0.299 e. The van der Waals surface area contributed by atoms with Crippen LogP contribution in [0.4, 0.5) is 0 Å². The van der Waals surface area contributed by atoms with Crippen molar-refractivity contribution >= 4 is 17.6 Å². The molecule has 0 atom stereocenters. The maximum Gasteiger partial charge on any atom is 0.144 e. The van der Waals surface area contributed by atoms with Crippen LogP contribution in [0.3, 0.4) is 0 Å². The third-order valence-corrected chi connectivity index (χ3v) is 2.43. The van der Waals surface area contributed by atoms with Gasteiger partial charge in [-0.25, -0.2) is 0 Å². The third kappa shape index (κ3) is 3.46. The van der Waals surface area contributed by atoms with Crippen LogP contribution in [0.1, 0.15) is 25.0 Å². The zero-order valence-corrected chi connectivity index (χ0v) is 9.86. The normalized spacial score (nSPS) is 11.0. The molecule has 0 bridgehead atoms. The van der Waals surface area contributed by atoms with Crippen molar-refractivity contribution < 1.29 is 9.59 Å². The van der Waals surface area contributed by atoms with Gasteiger partial charge in [0.05, 0.1) is 5.92 Å². The summed E-state index contributed by atoms with van der Waals surface area (Å²) in [6, 6.07) is 7.92. The zero-order chi connectivity index (χ0) is 12.1. The predicted octanol–water partition coefficient (Wildman–Crippen LogP) is 2.80. The van der Waals surface area contributed by atoms with E-state index in [1.54, 1.807) is 6.08 Å². The summed E-state index contributed by atoms with van der Waals surface area (Å²) in [7, 11) is 0. The molecule has 84 valence electrons. The predicted molar refractivity (Wildman–Crippen MR) is 65.1 cm³/mol. The molecule has 0 amide bonds. The highest BCUT2D eigenvalue weighted by atomic mass is 16.1. The van der Waals surface area contributed by atoms with Gasteiger partial charge in [-0.05, 0) is 26.3 Å².